The molecule has 0 saturated carbocycles. The van der Waals surface area contributed by atoms with Crippen molar-refractivity contribution in [1.82, 2.24) is 0 Å². The summed E-state index contributed by atoms with van der Waals surface area (Å²) in [4.78, 5) is 1.08. The van der Waals surface area contributed by atoms with Crippen LogP contribution in [-0.4, -0.2) is 31.1 Å². The average molecular weight is 260 g/mol. The van der Waals surface area contributed by atoms with E-state index >= 15 is 0 Å². The third kappa shape index (κ3) is 3.23. The molecule has 0 aromatic heterocycles. The van der Waals surface area contributed by atoms with E-state index in [0.29, 0.717) is 9.79 Å². The Kier molecular flexibility index (Phi) is 4.83. The third-order valence-corrected chi connectivity index (χ3v) is 5.23. The van der Waals surface area contributed by atoms with Crippen molar-refractivity contribution in [3.05, 3.63) is 24.3 Å². The molecule has 5 heteroatoms. The average Bonchev–Trinajstić information content (AvgIpc) is 2.29. The van der Waals surface area contributed by atoms with Gasteiger partial charge in [-0.15, -0.1) is 11.8 Å². The van der Waals surface area contributed by atoms with Crippen LogP contribution in [0.25, 0.3) is 0 Å². The van der Waals surface area contributed by atoms with Gasteiger partial charge in [-0.25, -0.2) is 8.42 Å². The Balaban J connectivity index is 3.11. The molecule has 0 aliphatic heterocycles. The zero-order valence-corrected chi connectivity index (χ0v) is 11.0. The first-order valence-electron chi connectivity index (χ1n) is 5.10. The van der Waals surface area contributed by atoms with E-state index < -0.39 is 9.84 Å². The maximum absolute atomic E-state index is 11.8. The minimum Gasteiger partial charge on any atom is -0.395 e. The van der Waals surface area contributed by atoms with Crippen molar-refractivity contribution in [2.75, 3.05) is 12.4 Å². The van der Waals surface area contributed by atoms with Crippen molar-refractivity contribution in [1.29, 1.82) is 0 Å². The normalized spacial score (nSPS) is 13.7. The van der Waals surface area contributed by atoms with E-state index in [1.165, 1.54) is 11.8 Å². The van der Waals surface area contributed by atoms with Gasteiger partial charge in [0.2, 0.25) is 0 Å². The van der Waals surface area contributed by atoms with Crippen LogP contribution in [0.5, 0.6) is 0 Å². The van der Waals surface area contributed by atoms with E-state index in [9.17, 15) is 8.42 Å². The number of sulfone groups is 1. The summed E-state index contributed by atoms with van der Waals surface area (Å²) in [6.45, 7) is 3.53. The van der Waals surface area contributed by atoms with Gasteiger partial charge in [-0.05, 0) is 12.1 Å². The van der Waals surface area contributed by atoms with Gasteiger partial charge in [-0.3, -0.25) is 0 Å². The van der Waals surface area contributed by atoms with Gasteiger partial charge in [0.1, 0.15) is 0 Å². The molecule has 16 heavy (non-hydrogen) atoms. The van der Waals surface area contributed by atoms with Crippen LogP contribution in [0.2, 0.25) is 0 Å². The molecule has 0 aliphatic carbocycles. The number of rotatable bonds is 5. The first kappa shape index (κ1) is 13.5. The fourth-order valence-electron chi connectivity index (χ4n) is 1.21. The number of thioether (sulfide) groups is 1. The molecular weight excluding hydrogens is 244 g/mol. The van der Waals surface area contributed by atoms with Crippen molar-refractivity contribution in [2.45, 2.75) is 28.9 Å². The van der Waals surface area contributed by atoms with Gasteiger partial charge in [0.25, 0.3) is 0 Å². The topological polar surface area (TPSA) is 54.4 Å². The molecule has 1 rings (SSSR count). The Bertz CT molecular complexity index is 440. The Morgan fingerprint density at radius 1 is 1.38 bits per heavy atom. The molecule has 1 aromatic carbocycles. The molecular formula is C11H16O3S2. The van der Waals surface area contributed by atoms with Crippen molar-refractivity contribution in [3.63, 3.8) is 0 Å². The van der Waals surface area contributed by atoms with Crippen LogP contribution in [0.1, 0.15) is 13.8 Å². The summed E-state index contributed by atoms with van der Waals surface area (Å²) in [5.74, 6) is 0.0953. The fourth-order valence-corrected chi connectivity index (χ4v) is 3.56. The minimum absolute atomic E-state index is 0.00629. The second kappa shape index (κ2) is 5.70. The molecule has 90 valence electrons. The highest BCUT2D eigenvalue weighted by Gasteiger charge is 2.17. The quantitative estimate of drug-likeness (QED) is 0.822. The van der Waals surface area contributed by atoms with Crippen LogP contribution in [-0.2, 0) is 9.84 Å². The summed E-state index contributed by atoms with van der Waals surface area (Å²) in [5, 5.41) is 8.97. The summed E-state index contributed by atoms with van der Waals surface area (Å²) in [6.07, 6.45) is 0. The summed E-state index contributed by atoms with van der Waals surface area (Å²) >= 11 is 1.38. The van der Waals surface area contributed by atoms with E-state index in [-0.39, 0.29) is 17.6 Å². The Labute approximate surface area is 101 Å². The predicted octanol–water partition coefficient (Wildman–Crippen LogP) is 1.95. The highest BCUT2D eigenvalue weighted by atomic mass is 32.2. The second-order valence-electron chi connectivity index (χ2n) is 3.46. The molecule has 1 N–H and O–H groups in total. The lowest BCUT2D eigenvalue weighted by Gasteiger charge is -2.11. The van der Waals surface area contributed by atoms with Gasteiger partial charge in [0.15, 0.2) is 9.84 Å². The van der Waals surface area contributed by atoms with Crippen LogP contribution in [0.15, 0.2) is 34.1 Å². The molecule has 1 atom stereocenters. The van der Waals surface area contributed by atoms with Crippen LogP contribution in [0.3, 0.4) is 0 Å². The third-order valence-electron chi connectivity index (χ3n) is 2.15. The van der Waals surface area contributed by atoms with Gasteiger partial charge in [-0.1, -0.05) is 26.0 Å². The zero-order valence-electron chi connectivity index (χ0n) is 9.38. The lowest BCUT2D eigenvalue weighted by atomic mass is 10.4. The SMILES string of the molecule is CCS(=O)(=O)c1ccccc1SC(C)CO. The number of hydrogen-bond donors (Lipinski definition) is 1. The summed E-state index contributed by atoms with van der Waals surface area (Å²) in [7, 11) is -3.19. The van der Waals surface area contributed by atoms with E-state index in [1.54, 1.807) is 31.2 Å². The standard InChI is InChI=1S/C11H16O3S2/c1-3-16(13,14)11-7-5-4-6-10(11)15-9(2)8-12/h4-7,9,12H,3,8H2,1-2H3. The maximum Gasteiger partial charge on any atom is 0.179 e. The monoisotopic (exact) mass is 260 g/mol. The van der Waals surface area contributed by atoms with E-state index in [1.807, 2.05) is 6.92 Å². The molecule has 0 heterocycles. The zero-order chi connectivity index (χ0) is 12.2. The van der Waals surface area contributed by atoms with Crippen LogP contribution in [0, 0.1) is 0 Å². The Morgan fingerprint density at radius 2 is 2.00 bits per heavy atom. The first-order chi connectivity index (χ1) is 7.51. The van der Waals surface area contributed by atoms with Crippen LogP contribution in [0.4, 0.5) is 0 Å². The smallest absolute Gasteiger partial charge is 0.179 e. The number of aliphatic hydroxyl groups is 1. The van der Waals surface area contributed by atoms with Gasteiger partial charge in [-0.2, -0.15) is 0 Å². The van der Waals surface area contributed by atoms with Gasteiger partial charge in [0.05, 0.1) is 17.3 Å². The van der Waals surface area contributed by atoms with Crippen LogP contribution >= 0.6 is 11.8 Å². The largest absolute Gasteiger partial charge is 0.395 e. The van der Waals surface area contributed by atoms with Crippen molar-refractivity contribution < 1.29 is 13.5 Å². The highest BCUT2D eigenvalue weighted by Crippen LogP contribution is 2.30. The van der Waals surface area contributed by atoms with E-state index in [4.69, 9.17) is 5.11 Å². The molecule has 0 aliphatic rings. The lowest BCUT2D eigenvalue weighted by molar-refractivity contribution is 0.300. The summed E-state index contributed by atoms with van der Waals surface area (Å²) < 4.78 is 23.6. The first-order valence-corrected chi connectivity index (χ1v) is 7.63. The van der Waals surface area contributed by atoms with Crippen LogP contribution < -0.4 is 0 Å². The minimum atomic E-state index is -3.19. The van der Waals surface area contributed by atoms with E-state index in [2.05, 4.69) is 0 Å². The Hall–Kier alpha value is -0.520. The maximum atomic E-state index is 11.8. The highest BCUT2D eigenvalue weighted by molar-refractivity contribution is 8.00. The number of hydrogen-bond acceptors (Lipinski definition) is 4. The van der Waals surface area contributed by atoms with Gasteiger partial charge >= 0.3 is 0 Å². The Morgan fingerprint density at radius 3 is 2.56 bits per heavy atom. The molecule has 1 aromatic rings. The molecule has 0 fully saturated rings. The molecule has 0 amide bonds. The van der Waals surface area contributed by atoms with Crippen molar-refractivity contribution in [3.8, 4) is 0 Å². The molecule has 0 saturated heterocycles. The molecule has 1 unspecified atom stereocenters. The molecule has 3 nitrogen and oxygen atoms in total. The number of aliphatic hydroxyl groups excluding tert-OH is 1. The summed E-state index contributed by atoms with van der Waals surface area (Å²) in [5.41, 5.74) is 0. The van der Waals surface area contributed by atoms with Gasteiger partial charge in [0, 0.05) is 10.1 Å². The van der Waals surface area contributed by atoms with Gasteiger partial charge < -0.3 is 5.11 Å². The number of benzene rings is 1. The molecule has 0 spiro atoms. The van der Waals surface area contributed by atoms with E-state index in [0.717, 1.165) is 0 Å². The molecule has 0 bridgehead atoms. The predicted molar refractivity (Wildman–Crippen MR) is 66.6 cm³/mol. The van der Waals surface area contributed by atoms with Crippen molar-refractivity contribution in [2.24, 2.45) is 0 Å². The molecule has 0 radical (unpaired) electrons. The lowest BCUT2D eigenvalue weighted by Crippen LogP contribution is -2.07. The van der Waals surface area contributed by atoms with Crippen molar-refractivity contribution >= 4 is 21.6 Å². The fraction of sp³-hybridized carbons (Fsp3) is 0.455. The summed E-state index contributed by atoms with van der Waals surface area (Å²) in [6, 6.07) is 6.92. The second-order valence-corrected chi connectivity index (χ2v) is 7.19.